The molecule has 4 rings (SSSR count). The summed E-state index contributed by atoms with van der Waals surface area (Å²) in [7, 11) is 0. The molecular formula is C26H31N7O4. The highest BCUT2D eigenvalue weighted by Gasteiger charge is 2.47. The van der Waals surface area contributed by atoms with Crippen molar-refractivity contribution in [1.29, 1.82) is 5.41 Å². The second-order valence-electron chi connectivity index (χ2n) is 9.28. The second-order valence-corrected chi connectivity index (χ2v) is 9.28. The van der Waals surface area contributed by atoms with Crippen LogP contribution in [-0.4, -0.2) is 70.6 Å². The van der Waals surface area contributed by atoms with E-state index in [9.17, 15) is 19.2 Å². The van der Waals surface area contributed by atoms with Crippen molar-refractivity contribution < 1.29 is 19.2 Å². The number of aryl methyl sites for hydroxylation is 1. The molecule has 0 aliphatic carbocycles. The quantitative estimate of drug-likeness (QED) is 0.183. The van der Waals surface area contributed by atoms with Crippen molar-refractivity contribution in [2.45, 2.75) is 43.9 Å². The molecule has 5 amide bonds. The molecule has 11 nitrogen and oxygen atoms in total. The van der Waals surface area contributed by atoms with E-state index in [1.54, 1.807) is 24.3 Å². The molecule has 2 aliphatic heterocycles. The third kappa shape index (κ3) is 5.95. The molecule has 11 heteroatoms. The van der Waals surface area contributed by atoms with E-state index in [2.05, 4.69) is 10.6 Å². The Kier molecular flexibility index (Phi) is 7.83. The minimum Gasteiger partial charge on any atom is -0.384 e. The molecule has 0 saturated carbocycles. The van der Waals surface area contributed by atoms with Gasteiger partial charge >= 0.3 is 6.03 Å². The maximum Gasteiger partial charge on any atom is 0.324 e. The van der Waals surface area contributed by atoms with Gasteiger partial charge in [-0.1, -0.05) is 54.6 Å². The summed E-state index contributed by atoms with van der Waals surface area (Å²) in [6.07, 6.45) is 1.13. The standard InChI is InChI=1S/C26H31N7O4/c27-20(11-8-16-4-2-1-3-5-16)25(36)32-15-19(33-22(34)14-31-26(33)37)12-21(32)24(35)30-13-17-6-9-18(10-7-17)23(28)29/h1-7,9-10,19-21H,8,11-15,27H2,(H3,28,29)(H,30,35)(H,31,37)/t19-,20+,21-/m0/s1. The van der Waals surface area contributed by atoms with E-state index in [1.807, 2.05) is 30.3 Å². The molecule has 0 spiro atoms. The van der Waals surface area contributed by atoms with Crippen molar-refractivity contribution in [2.24, 2.45) is 11.5 Å². The number of likely N-dealkylation sites (tertiary alicyclic amines) is 1. The number of amidine groups is 1. The minimum absolute atomic E-state index is 0.0441. The smallest absolute Gasteiger partial charge is 0.324 e. The molecule has 7 N–H and O–H groups in total. The number of imide groups is 1. The van der Waals surface area contributed by atoms with Crippen LogP contribution in [0, 0.1) is 5.41 Å². The van der Waals surface area contributed by atoms with Gasteiger partial charge in [-0.05, 0) is 30.4 Å². The summed E-state index contributed by atoms with van der Waals surface area (Å²) in [5.41, 5.74) is 14.2. The van der Waals surface area contributed by atoms with Gasteiger partial charge < -0.3 is 27.0 Å². The highest BCUT2D eigenvalue weighted by Crippen LogP contribution is 2.25. The number of nitrogen functional groups attached to an aromatic ring is 1. The Morgan fingerprint density at radius 1 is 1.08 bits per heavy atom. The molecule has 2 aliphatic rings. The number of nitrogens with two attached hydrogens (primary N) is 2. The predicted molar refractivity (Wildman–Crippen MR) is 136 cm³/mol. The van der Waals surface area contributed by atoms with E-state index in [4.69, 9.17) is 16.9 Å². The normalized spacial score (nSPS) is 20.0. The Hall–Kier alpha value is -4.25. The van der Waals surface area contributed by atoms with Gasteiger partial charge in [-0.3, -0.25) is 24.7 Å². The highest BCUT2D eigenvalue weighted by atomic mass is 16.2. The number of benzene rings is 2. The zero-order chi connectivity index (χ0) is 26.5. The van der Waals surface area contributed by atoms with E-state index in [-0.39, 0.29) is 37.8 Å². The molecule has 2 fully saturated rings. The molecule has 0 aromatic heterocycles. The number of nitrogens with one attached hydrogen (secondary N) is 3. The average molecular weight is 506 g/mol. The Morgan fingerprint density at radius 3 is 2.41 bits per heavy atom. The van der Waals surface area contributed by atoms with Crippen LogP contribution in [0.25, 0.3) is 0 Å². The minimum atomic E-state index is -0.877. The monoisotopic (exact) mass is 505 g/mol. The zero-order valence-corrected chi connectivity index (χ0v) is 20.4. The van der Waals surface area contributed by atoms with Crippen LogP contribution in [0.15, 0.2) is 54.6 Å². The Bertz CT molecular complexity index is 1170. The molecule has 2 saturated heterocycles. The molecule has 2 heterocycles. The first-order valence-electron chi connectivity index (χ1n) is 12.2. The Balaban J connectivity index is 1.45. The lowest BCUT2D eigenvalue weighted by Crippen LogP contribution is -2.51. The van der Waals surface area contributed by atoms with Gasteiger partial charge in [0.1, 0.15) is 11.9 Å². The van der Waals surface area contributed by atoms with E-state index >= 15 is 0 Å². The molecule has 0 radical (unpaired) electrons. The number of urea groups is 1. The molecule has 2 aromatic rings. The summed E-state index contributed by atoms with van der Waals surface area (Å²) in [5, 5.41) is 12.8. The maximum absolute atomic E-state index is 13.4. The summed E-state index contributed by atoms with van der Waals surface area (Å²) in [4.78, 5) is 53.6. The van der Waals surface area contributed by atoms with E-state index in [0.29, 0.717) is 18.4 Å². The van der Waals surface area contributed by atoms with Gasteiger partial charge in [0.15, 0.2) is 0 Å². The van der Waals surface area contributed by atoms with Crippen molar-refractivity contribution >= 4 is 29.6 Å². The van der Waals surface area contributed by atoms with Crippen LogP contribution in [0.3, 0.4) is 0 Å². The number of hydrogen-bond acceptors (Lipinski definition) is 6. The zero-order valence-electron chi connectivity index (χ0n) is 20.4. The number of rotatable bonds is 9. The first-order chi connectivity index (χ1) is 17.7. The van der Waals surface area contributed by atoms with Crippen LogP contribution in [0.1, 0.15) is 29.5 Å². The Labute approximate surface area is 214 Å². The fourth-order valence-electron chi connectivity index (χ4n) is 4.71. The first-order valence-corrected chi connectivity index (χ1v) is 12.2. The lowest BCUT2D eigenvalue weighted by Gasteiger charge is -2.27. The fourth-order valence-corrected chi connectivity index (χ4v) is 4.71. The van der Waals surface area contributed by atoms with Crippen molar-refractivity contribution in [2.75, 3.05) is 13.1 Å². The number of carbonyl (C=O) groups excluding carboxylic acids is 4. The van der Waals surface area contributed by atoms with E-state index in [1.165, 1.54) is 4.90 Å². The number of hydrogen-bond donors (Lipinski definition) is 5. The van der Waals surface area contributed by atoms with Gasteiger partial charge in [-0.25, -0.2) is 4.79 Å². The number of nitrogens with zero attached hydrogens (tertiary/aromatic N) is 2. The van der Waals surface area contributed by atoms with Gasteiger partial charge in [0.2, 0.25) is 17.7 Å². The van der Waals surface area contributed by atoms with E-state index < -0.39 is 36.0 Å². The van der Waals surface area contributed by atoms with Crippen molar-refractivity contribution in [3.05, 3.63) is 71.3 Å². The summed E-state index contributed by atoms with van der Waals surface area (Å²) in [5.74, 6) is -1.22. The van der Waals surface area contributed by atoms with Crippen LogP contribution >= 0.6 is 0 Å². The van der Waals surface area contributed by atoms with Crippen LogP contribution in [-0.2, 0) is 27.3 Å². The Morgan fingerprint density at radius 2 is 1.78 bits per heavy atom. The molecule has 0 bridgehead atoms. The van der Waals surface area contributed by atoms with Gasteiger partial charge in [0.05, 0.1) is 18.6 Å². The summed E-state index contributed by atoms with van der Waals surface area (Å²) in [6, 6.07) is 13.7. The van der Waals surface area contributed by atoms with Crippen LogP contribution in [0.4, 0.5) is 4.79 Å². The van der Waals surface area contributed by atoms with Gasteiger partial charge in [0, 0.05) is 18.7 Å². The molecule has 37 heavy (non-hydrogen) atoms. The summed E-state index contributed by atoms with van der Waals surface area (Å²) in [6.45, 7) is 0.138. The van der Waals surface area contributed by atoms with Crippen LogP contribution < -0.4 is 22.1 Å². The summed E-state index contributed by atoms with van der Waals surface area (Å²) < 4.78 is 0. The van der Waals surface area contributed by atoms with Crippen molar-refractivity contribution in [3.8, 4) is 0 Å². The fraction of sp³-hybridized carbons (Fsp3) is 0.346. The third-order valence-corrected chi connectivity index (χ3v) is 6.74. The maximum atomic E-state index is 13.4. The van der Waals surface area contributed by atoms with Crippen LogP contribution in [0.2, 0.25) is 0 Å². The van der Waals surface area contributed by atoms with Crippen LogP contribution in [0.5, 0.6) is 0 Å². The van der Waals surface area contributed by atoms with E-state index in [0.717, 1.165) is 16.0 Å². The molecular weight excluding hydrogens is 474 g/mol. The number of amides is 5. The topological polar surface area (TPSA) is 175 Å². The third-order valence-electron chi connectivity index (χ3n) is 6.74. The SMILES string of the molecule is N=C(N)c1ccc(CNC(=O)[C@@H]2C[C@H](N3C(=O)CNC3=O)CN2C(=O)[C@H](N)CCc2ccccc2)cc1. The van der Waals surface area contributed by atoms with Gasteiger partial charge in [-0.2, -0.15) is 0 Å². The highest BCUT2D eigenvalue weighted by molar-refractivity contribution is 6.02. The lowest BCUT2D eigenvalue weighted by atomic mass is 10.0. The van der Waals surface area contributed by atoms with Gasteiger partial charge in [0.25, 0.3) is 0 Å². The summed E-state index contributed by atoms with van der Waals surface area (Å²) >= 11 is 0. The second kappa shape index (κ2) is 11.2. The largest absolute Gasteiger partial charge is 0.384 e. The van der Waals surface area contributed by atoms with Gasteiger partial charge in [-0.15, -0.1) is 0 Å². The first kappa shape index (κ1) is 25.8. The molecule has 0 unspecified atom stereocenters. The number of carbonyl (C=O) groups is 4. The lowest BCUT2D eigenvalue weighted by molar-refractivity contribution is -0.139. The molecule has 3 atom stereocenters. The van der Waals surface area contributed by atoms with Crippen molar-refractivity contribution in [1.82, 2.24) is 20.4 Å². The molecule has 2 aromatic carbocycles. The predicted octanol–water partition coefficient (Wildman–Crippen LogP) is 0.0683. The van der Waals surface area contributed by atoms with Crippen molar-refractivity contribution in [3.63, 3.8) is 0 Å². The average Bonchev–Trinajstić information content (AvgIpc) is 3.48. The molecule has 194 valence electrons.